The van der Waals surface area contributed by atoms with E-state index in [4.69, 9.17) is 14.6 Å². The van der Waals surface area contributed by atoms with Gasteiger partial charge in [0.2, 0.25) is 0 Å². The minimum atomic E-state index is -1.42. The summed E-state index contributed by atoms with van der Waals surface area (Å²) in [5.74, 6) is -1.42. The van der Waals surface area contributed by atoms with Crippen LogP contribution in [-0.2, 0) is 9.53 Å². The van der Waals surface area contributed by atoms with Crippen LogP contribution in [0.25, 0.3) is 0 Å². The topological polar surface area (TPSA) is 128 Å². The van der Waals surface area contributed by atoms with Gasteiger partial charge in [0.15, 0.2) is 11.8 Å². The lowest BCUT2D eigenvalue weighted by atomic mass is 10.2. The van der Waals surface area contributed by atoms with E-state index < -0.39 is 35.2 Å². The van der Waals surface area contributed by atoms with Gasteiger partial charge in [-0.05, 0) is 33.8 Å². The van der Waals surface area contributed by atoms with Crippen LogP contribution in [-0.4, -0.2) is 40.3 Å². The van der Waals surface area contributed by atoms with E-state index in [1.165, 1.54) is 6.07 Å². The summed E-state index contributed by atoms with van der Waals surface area (Å²) in [5, 5.41) is 22.4. The maximum absolute atomic E-state index is 11.7. The number of ether oxygens (including phenoxy) is 2. The second-order valence-electron chi connectivity index (χ2n) is 6.03. The molecule has 1 atom stereocenters. The van der Waals surface area contributed by atoms with E-state index in [1.54, 1.807) is 39.8 Å². The number of nitro benzene ring substituents is 1. The first-order chi connectivity index (χ1) is 11.0. The highest BCUT2D eigenvalue weighted by Crippen LogP contribution is 2.30. The van der Waals surface area contributed by atoms with Gasteiger partial charge in [0.05, 0.1) is 4.92 Å². The first-order valence-corrected chi connectivity index (χ1v) is 7.10. The lowest BCUT2D eigenvalue weighted by molar-refractivity contribution is -0.386. The highest BCUT2D eigenvalue weighted by atomic mass is 16.6. The zero-order valence-electron chi connectivity index (χ0n) is 13.9. The summed E-state index contributed by atoms with van der Waals surface area (Å²) in [7, 11) is 0. The molecule has 2 N–H and O–H groups in total. The molecule has 0 aliphatic carbocycles. The molecular formula is C15H20N2O7. The molecule has 9 heteroatoms. The summed E-state index contributed by atoms with van der Waals surface area (Å²) in [6.45, 7) is 5.95. The van der Waals surface area contributed by atoms with Gasteiger partial charge in [-0.1, -0.05) is 12.1 Å². The van der Waals surface area contributed by atoms with Crippen molar-refractivity contribution >= 4 is 17.7 Å². The van der Waals surface area contributed by atoms with Gasteiger partial charge in [-0.25, -0.2) is 9.59 Å². The fourth-order valence-corrected chi connectivity index (χ4v) is 1.78. The number of carboxylic acid groups (broad SMARTS) is 1. The Morgan fingerprint density at radius 3 is 2.50 bits per heavy atom. The fourth-order valence-electron chi connectivity index (χ4n) is 1.78. The van der Waals surface area contributed by atoms with Gasteiger partial charge in [0.1, 0.15) is 12.2 Å². The number of hydrogen-bond acceptors (Lipinski definition) is 6. The van der Waals surface area contributed by atoms with E-state index in [2.05, 4.69) is 5.32 Å². The Bertz CT molecular complexity index is 637. The van der Waals surface area contributed by atoms with E-state index >= 15 is 0 Å². The van der Waals surface area contributed by atoms with Gasteiger partial charge >= 0.3 is 17.7 Å². The van der Waals surface area contributed by atoms with Crippen LogP contribution in [0.15, 0.2) is 18.2 Å². The number of carboxylic acids is 1. The predicted octanol–water partition coefficient (Wildman–Crippen LogP) is 2.26. The largest absolute Gasteiger partial charge is 0.484 e. The number of nitrogens with zero attached hydrogens (tertiary/aromatic N) is 1. The van der Waals surface area contributed by atoms with Crippen LogP contribution >= 0.6 is 0 Å². The van der Waals surface area contributed by atoms with Crippen LogP contribution in [0.3, 0.4) is 0 Å². The van der Waals surface area contributed by atoms with Crippen molar-refractivity contribution in [3.8, 4) is 5.75 Å². The van der Waals surface area contributed by atoms with Gasteiger partial charge in [-0.3, -0.25) is 10.1 Å². The molecule has 132 valence electrons. The molecule has 0 aromatic heterocycles. The first-order valence-electron chi connectivity index (χ1n) is 7.10. The average Bonchev–Trinajstić information content (AvgIpc) is 2.40. The molecule has 0 radical (unpaired) electrons. The minimum Gasteiger partial charge on any atom is -0.484 e. The van der Waals surface area contributed by atoms with E-state index in [0.717, 1.165) is 0 Å². The lowest BCUT2D eigenvalue weighted by Gasteiger charge is -2.22. The molecule has 0 fully saturated rings. The number of aryl methyl sites for hydroxylation is 1. The van der Waals surface area contributed by atoms with Crippen LogP contribution < -0.4 is 10.1 Å². The molecule has 0 aliphatic rings. The Labute approximate surface area is 138 Å². The molecule has 0 heterocycles. The normalized spacial score (nSPS) is 12.2. The maximum atomic E-state index is 11.7. The van der Waals surface area contributed by atoms with Crippen molar-refractivity contribution in [1.82, 2.24) is 5.32 Å². The lowest BCUT2D eigenvalue weighted by Crippen LogP contribution is -2.46. The van der Waals surface area contributed by atoms with Crippen molar-refractivity contribution in [3.63, 3.8) is 0 Å². The van der Waals surface area contributed by atoms with Crippen LogP contribution in [0.1, 0.15) is 26.3 Å². The number of benzene rings is 1. The Morgan fingerprint density at radius 1 is 1.38 bits per heavy atom. The number of para-hydroxylation sites is 1. The highest BCUT2D eigenvalue weighted by molar-refractivity contribution is 5.80. The predicted molar refractivity (Wildman–Crippen MR) is 84.1 cm³/mol. The SMILES string of the molecule is Cc1cccc(OC[C@H](NC(=O)OC(C)(C)C)C(=O)O)c1[N+](=O)[O-]. The number of hydrogen-bond donors (Lipinski definition) is 2. The van der Waals surface area contributed by atoms with Crippen LogP contribution in [0.2, 0.25) is 0 Å². The zero-order valence-corrected chi connectivity index (χ0v) is 13.9. The van der Waals surface area contributed by atoms with Crippen LogP contribution in [0.4, 0.5) is 10.5 Å². The Kier molecular flexibility index (Phi) is 6.10. The Morgan fingerprint density at radius 2 is 2.00 bits per heavy atom. The first kappa shape index (κ1) is 19.2. The molecular weight excluding hydrogens is 320 g/mol. The smallest absolute Gasteiger partial charge is 0.408 e. The van der Waals surface area contributed by atoms with Crippen molar-refractivity contribution in [2.75, 3.05) is 6.61 Å². The summed E-state index contributed by atoms with van der Waals surface area (Å²) in [5.41, 5.74) is -0.660. The highest BCUT2D eigenvalue weighted by Gasteiger charge is 2.26. The average molecular weight is 340 g/mol. The molecule has 9 nitrogen and oxygen atoms in total. The number of alkyl carbamates (subject to hydrolysis) is 1. The number of amides is 1. The van der Waals surface area contributed by atoms with Gasteiger partial charge in [-0.2, -0.15) is 0 Å². The zero-order chi connectivity index (χ0) is 18.5. The molecule has 1 amide bonds. The molecule has 1 aromatic rings. The van der Waals surface area contributed by atoms with E-state index in [0.29, 0.717) is 5.56 Å². The summed E-state index contributed by atoms with van der Waals surface area (Å²) in [6, 6.07) is 3.03. The number of rotatable bonds is 6. The molecule has 1 aromatic carbocycles. The number of carbonyl (C=O) groups is 2. The summed E-state index contributed by atoms with van der Waals surface area (Å²) >= 11 is 0. The van der Waals surface area contributed by atoms with Crippen molar-refractivity contribution in [2.45, 2.75) is 39.3 Å². The Balaban J connectivity index is 2.82. The van der Waals surface area contributed by atoms with Gasteiger partial charge in [-0.15, -0.1) is 0 Å². The number of carbonyl (C=O) groups excluding carboxylic acids is 1. The monoisotopic (exact) mass is 340 g/mol. The van der Waals surface area contributed by atoms with Gasteiger partial charge in [0, 0.05) is 5.56 Å². The van der Waals surface area contributed by atoms with E-state index in [1.807, 2.05) is 0 Å². The Hall–Kier alpha value is -2.84. The summed E-state index contributed by atoms with van der Waals surface area (Å²) in [6.07, 6.45) is -0.919. The fraction of sp³-hybridized carbons (Fsp3) is 0.467. The molecule has 0 bridgehead atoms. The third-order valence-corrected chi connectivity index (χ3v) is 2.78. The van der Waals surface area contributed by atoms with E-state index in [9.17, 15) is 19.7 Å². The van der Waals surface area contributed by atoms with Crippen molar-refractivity contribution < 1.29 is 29.1 Å². The number of nitrogens with one attached hydrogen (secondary N) is 1. The molecule has 1 rings (SSSR count). The molecule has 0 saturated carbocycles. The number of aliphatic carboxylic acids is 1. The minimum absolute atomic E-state index is 0.0720. The van der Waals surface area contributed by atoms with Crippen LogP contribution in [0, 0.1) is 17.0 Å². The molecule has 24 heavy (non-hydrogen) atoms. The molecule has 0 spiro atoms. The second kappa shape index (κ2) is 7.62. The summed E-state index contributed by atoms with van der Waals surface area (Å²) < 4.78 is 10.2. The molecule has 0 saturated heterocycles. The van der Waals surface area contributed by atoms with Gasteiger partial charge < -0.3 is 19.9 Å². The maximum Gasteiger partial charge on any atom is 0.408 e. The molecule has 0 unspecified atom stereocenters. The summed E-state index contributed by atoms with van der Waals surface area (Å²) in [4.78, 5) is 33.3. The van der Waals surface area contributed by atoms with E-state index in [-0.39, 0.29) is 11.4 Å². The standard InChI is InChI=1S/C15H20N2O7/c1-9-6-5-7-11(12(9)17(21)22)23-8-10(13(18)19)16-14(20)24-15(2,3)4/h5-7,10H,8H2,1-4H3,(H,16,20)(H,18,19)/t10-/m0/s1. The van der Waals surface area contributed by atoms with Crippen molar-refractivity contribution in [3.05, 3.63) is 33.9 Å². The van der Waals surface area contributed by atoms with Crippen molar-refractivity contribution in [2.24, 2.45) is 0 Å². The van der Waals surface area contributed by atoms with Gasteiger partial charge in [0.25, 0.3) is 0 Å². The number of nitro groups is 1. The third kappa shape index (κ3) is 5.75. The van der Waals surface area contributed by atoms with Crippen molar-refractivity contribution in [1.29, 1.82) is 0 Å². The van der Waals surface area contributed by atoms with Crippen LogP contribution in [0.5, 0.6) is 5.75 Å². The molecule has 0 aliphatic heterocycles. The second-order valence-corrected chi connectivity index (χ2v) is 6.03. The third-order valence-electron chi connectivity index (χ3n) is 2.78. The quantitative estimate of drug-likeness (QED) is 0.600.